The summed E-state index contributed by atoms with van der Waals surface area (Å²) in [6.45, 7) is 0.586. The van der Waals surface area contributed by atoms with Gasteiger partial charge in [0.25, 0.3) is 0 Å². The lowest BCUT2D eigenvalue weighted by Crippen LogP contribution is -2.10. The summed E-state index contributed by atoms with van der Waals surface area (Å²) < 4.78 is 0. The molecule has 3 aromatic rings. The van der Waals surface area contributed by atoms with Crippen molar-refractivity contribution in [1.29, 1.82) is 0 Å². The Morgan fingerprint density at radius 1 is 1.08 bits per heavy atom. The Bertz CT molecular complexity index is 1010. The zero-order valence-corrected chi connectivity index (χ0v) is 14.5. The van der Waals surface area contributed by atoms with Crippen LogP contribution in [0.3, 0.4) is 0 Å². The van der Waals surface area contributed by atoms with Crippen molar-refractivity contribution in [3.05, 3.63) is 78.2 Å². The number of halogens is 1. The van der Waals surface area contributed by atoms with Crippen molar-refractivity contribution in [2.45, 2.75) is 6.54 Å². The maximum absolute atomic E-state index is 6.33. The van der Waals surface area contributed by atoms with E-state index in [0.29, 0.717) is 17.1 Å². The second-order valence-corrected chi connectivity index (χ2v) is 6.00. The fourth-order valence-electron chi connectivity index (χ4n) is 2.69. The normalized spacial score (nSPS) is 13.2. The van der Waals surface area contributed by atoms with Crippen molar-refractivity contribution in [2.24, 2.45) is 4.99 Å². The number of nitrogens with zero attached hydrogens (tertiary/aromatic N) is 5. The topological polar surface area (TPSA) is 66.3 Å². The smallest absolute Gasteiger partial charge is 0.107 e. The summed E-state index contributed by atoms with van der Waals surface area (Å²) in [7, 11) is 0. The van der Waals surface area contributed by atoms with Crippen molar-refractivity contribution in [2.75, 3.05) is 10.2 Å². The van der Waals surface area contributed by atoms with Crippen molar-refractivity contribution < 1.29 is 0 Å². The molecule has 1 aliphatic heterocycles. The SMILES string of the molecule is Clc1cc(CNc2cnccc2N2C=CC=NC=C2)cc2nccnc12. The number of hydrogen-bond acceptors (Lipinski definition) is 6. The number of nitrogens with one attached hydrogen (secondary N) is 1. The minimum absolute atomic E-state index is 0.586. The molecule has 1 aromatic carbocycles. The van der Waals surface area contributed by atoms with E-state index in [0.717, 1.165) is 22.5 Å². The van der Waals surface area contributed by atoms with Gasteiger partial charge in [-0.15, -0.1) is 0 Å². The summed E-state index contributed by atoms with van der Waals surface area (Å²) >= 11 is 6.33. The lowest BCUT2D eigenvalue weighted by Gasteiger charge is -2.19. The van der Waals surface area contributed by atoms with Crippen LogP contribution in [-0.4, -0.2) is 21.2 Å². The molecule has 0 saturated heterocycles. The zero-order chi connectivity index (χ0) is 17.8. The molecule has 128 valence electrons. The molecule has 3 heterocycles. The monoisotopic (exact) mass is 362 g/mol. The highest BCUT2D eigenvalue weighted by Gasteiger charge is 2.09. The molecule has 0 amide bonds. The highest BCUT2D eigenvalue weighted by atomic mass is 35.5. The molecule has 0 unspecified atom stereocenters. The average Bonchev–Trinajstić information content (AvgIpc) is 2.96. The number of fused-ring (bicyclic) bond motifs is 1. The summed E-state index contributed by atoms with van der Waals surface area (Å²) in [5.41, 5.74) is 4.38. The van der Waals surface area contributed by atoms with E-state index in [9.17, 15) is 0 Å². The first kappa shape index (κ1) is 16.2. The summed E-state index contributed by atoms with van der Waals surface area (Å²) in [6.07, 6.45) is 16.1. The van der Waals surface area contributed by atoms with Gasteiger partial charge in [-0.25, -0.2) is 0 Å². The Morgan fingerprint density at radius 3 is 2.96 bits per heavy atom. The third-order valence-corrected chi connectivity index (χ3v) is 4.17. The fourth-order valence-corrected chi connectivity index (χ4v) is 2.97. The third-order valence-electron chi connectivity index (χ3n) is 3.88. The molecule has 0 aliphatic carbocycles. The molecule has 7 heteroatoms. The van der Waals surface area contributed by atoms with E-state index in [-0.39, 0.29) is 0 Å². The van der Waals surface area contributed by atoms with Gasteiger partial charge in [0.15, 0.2) is 0 Å². The Hall–Kier alpha value is -3.25. The van der Waals surface area contributed by atoms with E-state index in [4.69, 9.17) is 11.6 Å². The second-order valence-electron chi connectivity index (χ2n) is 5.59. The number of benzene rings is 1. The molecule has 2 aromatic heterocycles. The average molecular weight is 363 g/mol. The van der Waals surface area contributed by atoms with Crippen LogP contribution in [0.2, 0.25) is 5.02 Å². The number of aromatic nitrogens is 3. The van der Waals surface area contributed by atoms with Crippen LogP contribution in [-0.2, 0) is 6.54 Å². The fraction of sp³-hybridized carbons (Fsp3) is 0.0526. The quantitative estimate of drug-likeness (QED) is 0.754. The van der Waals surface area contributed by atoms with Crippen LogP contribution in [0, 0.1) is 0 Å². The molecule has 1 N–H and O–H groups in total. The third kappa shape index (κ3) is 3.41. The second kappa shape index (κ2) is 7.33. The first-order chi connectivity index (χ1) is 12.8. The van der Waals surface area contributed by atoms with Crippen LogP contribution in [0.25, 0.3) is 11.0 Å². The molecule has 26 heavy (non-hydrogen) atoms. The first-order valence-electron chi connectivity index (χ1n) is 8.03. The van der Waals surface area contributed by atoms with E-state index in [2.05, 4.69) is 25.3 Å². The van der Waals surface area contributed by atoms with Crippen molar-refractivity contribution in [3.8, 4) is 0 Å². The number of anilines is 2. The van der Waals surface area contributed by atoms with Crippen LogP contribution in [0.5, 0.6) is 0 Å². The maximum atomic E-state index is 6.33. The molecule has 0 spiro atoms. The van der Waals surface area contributed by atoms with Gasteiger partial charge in [-0.2, -0.15) is 0 Å². The standard InChI is InChI=1S/C19H15ClN6/c20-15-10-14(11-16-19(15)24-6-5-23-16)12-25-17-13-22-4-2-18(17)26-8-1-3-21-7-9-26/h1-11,13,25H,12H2. The zero-order valence-electron chi connectivity index (χ0n) is 13.7. The van der Waals surface area contributed by atoms with E-state index in [1.165, 1.54) is 0 Å². The summed E-state index contributed by atoms with van der Waals surface area (Å²) in [5, 5.41) is 4.01. The van der Waals surface area contributed by atoms with Crippen LogP contribution in [0.4, 0.5) is 11.4 Å². The van der Waals surface area contributed by atoms with Gasteiger partial charge in [-0.1, -0.05) is 11.6 Å². The molecule has 0 atom stereocenters. The molecule has 4 rings (SSSR count). The summed E-state index contributed by atoms with van der Waals surface area (Å²) in [6, 6.07) is 5.83. The molecule has 0 bridgehead atoms. The van der Waals surface area contributed by atoms with Crippen LogP contribution < -0.4 is 10.2 Å². The molecular weight excluding hydrogens is 348 g/mol. The van der Waals surface area contributed by atoms with Crippen LogP contribution in [0.1, 0.15) is 5.56 Å². The van der Waals surface area contributed by atoms with Crippen molar-refractivity contribution >= 4 is 40.2 Å². The lowest BCUT2D eigenvalue weighted by atomic mass is 10.2. The van der Waals surface area contributed by atoms with Crippen LogP contribution >= 0.6 is 11.6 Å². The van der Waals surface area contributed by atoms with Gasteiger partial charge < -0.3 is 10.2 Å². The minimum atomic E-state index is 0.586. The van der Waals surface area contributed by atoms with Gasteiger partial charge in [0.1, 0.15) is 5.52 Å². The number of allylic oxidation sites excluding steroid dienone is 1. The van der Waals surface area contributed by atoms with Gasteiger partial charge in [0.05, 0.1) is 28.1 Å². The Kier molecular flexibility index (Phi) is 4.57. The van der Waals surface area contributed by atoms with Gasteiger partial charge in [-0.05, 0) is 29.8 Å². The Balaban J connectivity index is 1.59. The van der Waals surface area contributed by atoms with Gasteiger partial charge in [0, 0.05) is 49.9 Å². The largest absolute Gasteiger partial charge is 0.378 e. The Morgan fingerprint density at radius 2 is 2.00 bits per heavy atom. The highest BCUT2D eigenvalue weighted by molar-refractivity contribution is 6.34. The molecular formula is C19H15ClN6. The summed E-state index contributed by atoms with van der Waals surface area (Å²) in [5.74, 6) is 0. The number of aliphatic imine (C=N–C) groups is 1. The van der Waals surface area contributed by atoms with Crippen molar-refractivity contribution in [1.82, 2.24) is 15.0 Å². The van der Waals surface area contributed by atoms with Gasteiger partial charge >= 0.3 is 0 Å². The molecule has 0 radical (unpaired) electrons. The van der Waals surface area contributed by atoms with Crippen LogP contribution in [0.15, 0.2) is 72.7 Å². The van der Waals surface area contributed by atoms with E-state index >= 15 is 0 Å². The van der Waals surface area contributed by atoms with Gasteiger partial charge in [0.2, 0.25) is 0 Å². The predicted molar refractivity (Wildman–Crippen MR) is 105 cm³/mol. The molecule has 1 aliphatic rings. The Labute approximate surface area is 155 Å². The van der Waals surface area contributed by atoms with E-state index < -0.39 is 0 Å². The summed E-state index contributed by atoms with van der Waals surface area (Å²) in [4.78, 5) is 18.9. The number of hydrogen-bond donors (Lipinski definition) is 1. The molecule has 0 saturated carbocycles. The maximum Gasteiger partial charge on any atom is 0.107 e. The molecule has 6 nitrogen and oxygen atoms in total. The first-order valence-corrected chi connectivity index (χ1v) is 8.41. The van der Waals surface area contributed by atoms with E-state index in [1.54, 1.807) is 37.2 Å². The minimum Gasteiger partial charge on any atom is -0.378 e. The van der Waals surface area contributed by atoms with E-state index in [1.807, 2.05) is 41.6 Å². The predicted octanol–water partition coefficient (Wildman–Crippen LogP) is 4.17. The lowest BCUT2D eigenvalue weighted by molar-refractivity contribution is 1.12. The number of pyridine rings is 1. The molecule has 0 fully saturated rings. The van der Waals surface area contributed by atoms with Gasteiger partial charge in [-0.3, -0.25) is 19.9 Å². The van der Waals surface area contributed by atoms with Crippen molar-refractivity contribution in [3.63, 3.8) is 0 Å². The number of rotatable bonds is 4. The highest BCUT2D eigenvalue weighted by Crippen LogP contribution is 2.27.